The summed E-state index contributed by atoms with van der Waals surface area (Å²) in [7, 11) is 0. The molecule has 0 radical (unpaired) electrons. The fourth-order valence-corrected chi connectivity index (χ4v) is 7.94. The van der Waals surface area contributed by atoms with Crippen LogP contribution in [0, 0.1) is 3.57 Å². The van der Waals surface area contributed by atoms with E-state index >= 15 is 0 Å². The van der Waals surface area contributed by atoms with E-state index in [4.69, 9.17) is 4.74 Å². The van der Waals surface area contributed by atoms with Crippen molar-refractivity contribution in [3.8, 4) is 23.0 Å². The van der Waals surface area contributed by atoms with Gasteiger partial charge < -0.3 is 20.1 Å². The second kappa shape index (κ2) is 15.1. The van der Waals surface area contributed by atoms with E-state index in [0.717, 1.165) is 72.5 Å². The van der Waals surface area contributed by atoms with Crippen LogP contribution in [-0.4, -0.2) is 15.3 Å². The van der Waals surface area contributed by atoms with E-state index in [9.17, 15) is 15.3 Å². The van der Waals surface area contributed by atoms with Crippen LogP contribution in [0.3, 0.4) is 0 Å². The van der Waals surface area contributed by atoms with Gasteiger partial charge in [0, 0.05) is 29.3 Å². The Kier molecular flexibility index (Phi) is 11.2. The van der Waals surface area contributed by atoms with Crippen molar-refractivity contribution in [1.82, 2.24) is 0 Å². The van der Waals surface area contributed by atoms with Crippen LogP contribution in [0.5, 0.6) is 23.0 Å². The van der Waals surface area contributed by atoms with Gasteiger partial charge in [0.1, 0.15) is 29.6 Å². The minimum absolute atomic E-state index is 0.176. The summed E-state index contributed by atoms with van der Waals surface area (Å²) in [5.41, 5.74) is 11.5. The lowest BCUT2D eigenvalue weighted by Gasteiger charge is -2.27. The number of phenolic OH excluding ortho intramolecular Hbond substituents is 3. The number of phenols is 3. The summed E-state index contributed by atoms with van der Waals surface area (Å²) in [6.07, 6.45) is 1.60. The zero-order valence-electron chi connectivity index (χ0n) is 35.6. The van der Waals surface area contributed by atoms with Crippen molar-refractivity contribution in [2.24, 2.45) is 0 Å². The van der Waals surface area contributed by atoms with Crippen LogP contribution in [0.4, 0.5) is 0 Å². The third kappa shape index (κ3) is 9.09. The SMILES string of the molecule is CC(C)(C)c1cc2c(O)c(c1)Cc1cc(C(C)(C)C)cc(c1O)Cc1cc(C(C)(C)C)cc(c1OCc1ccc(I)cc1)Cc1cc(C(C)(C)C)cc(c1O)C2. The monoisotopic (exact) mass is 864 g/mol. The predicted molar refractivity (Wildman–Crippen MR) is 240 cm³/mol. The normalized spacial score (nSPS) is 13.8. The average Bonchev–Trinajstić information content (AvgIpc) is 3.07. The van der Waals surface area contributed by atoms with Gasteiger partial charge in [0.2, 0.25) is 0 Å². The Balaban J connectivity index is 1.70. The number of aromatic hydroxyl groups is 3. The number of rotatable bonds is 3. The molecule has 0 unspecified atom stereocenters. The molecular weight excluding hydrogens is 803 g/mol. The molecule has 0 spiro atoms. The van der Waals surface area contributed by atoms with Gasteiger partial charge in [0.05, 0.1) is 0 Å². The summed E-state index contributed by atoms with van der Waals surface area (Å²) >= 11 is 2.33. The summed E-state index contributed by atoms with van der Waals surface area (Å²) in [5, 5.41) is 36.6. The first kappa shape index (κ1) is 41.7. The molecular formula is C51H61IO4. The molecule has 5 aromatic carbocycles. The van der Waals surface area contributed by atoms with Crippen molar-refractivity contribution in [1.29, 1.82) is 0 Å². The number of halogens is 1. The van der Waals surface area contributed by atoms with Crippen molar-refractivity contribution >= 4 is 22.6 Å². The second-order valence-electron chi connectivity index (χ2n) is 20.2. The van der Waals surface area contributed by atoms with Crippen LogP contribution >= 0.6 is 22.6 Å². The molecule has 0 fully saturated rings. The lowest BCUT2D eigenvalue weighted by molar-refractivity contribution is 0.300. The fourth-order valence-electron chi connectivity index (χ4n) is 7.58. The Bertz CT molecular complexity index is 2150. The molecule has 0 saturated carbocycles. The van der Waals surface area contributed by atoms with Crippen LogP contribution in [0.1, 0.15) is 155 Å². The van der Waals surface area contributed by atoms with Gasteiger partial charge in [-0.15, -0.1) is 0 Å². The molecule has 1 aliphatic carbocycles. The van der Waals surface area contributed by atoms with Crippen LogP contribution in [0.2, 0.25) is 0 Å². The first-order valence-electron chi connectivity index (χ1n) is 20.0. The highest BCUT2D eigenvalue weighted by Gasteiger charge is 2.28. The van der Waals surface area contributed by atoms with Gasteiger partial charge in [-0.1, -0.05) is 144 Å². The summed E-state index contributed by atoms with van der Waals surface area (Å²) in [4.78, 5) is 0. The van der Waals surface area contributed by atoms with E-state index in [1.807, 2.05) is 0 Å². The fraction of sp³-hybridized carbons (Fsp3) is 0.412. The van der Waals surface area contributed by atoms with E-state index in [2.05, 4.69) is 178 Å². The third-order valence-corrected chi connectivity index (χ3v) is 12.0. The number of hydrogen-bond donors (Lipinski definition) is 3. The van der Waals surface area contributed by atoms with E-state index in [1.165, 1.54) is 9.13 Å². The molecule has 0 amide bonds. The van der Waals surface area contributed by atoms with E-state index in [0.29, 0.717) is 32.3 Å². The highest BCUT2D eigenvalue weighted by molar-refractivity contribution is 14.1. The van der Waals surface area contributed by atoms with Gasteiger partial charge >= 0.3 is 0 Å². The summed E-state index contributed by atoms with van der Waals surface area (Å²) in [6.45, 7) is 26.8. The van der Waals surface area contributed by atoms with E-state index in [1.54, 1.807) is 0 Å². The molecule has 5 aromatic rings. The standard InChI is InChI=1S/C51H61IO4/c1-48(2,3)39-21-31-17-33-23-40(49(4,5)6)25-35(45(33)54)19-37-27-42(51(10,11)12)28-38(47(37)56-29-30-13-15-43(52)16-14-30)20-36-26-41(50(7,8)9)24-34(46(36)55)18-32(22-39)44(31)53/h13-16,21-28,53-55H,17-20,29H2,1-12H3. The number of ether oxygens (including phenoxy) is 1. The van der Waals surface area contributed by atoms with Gasteiger partial charge in [0.25, 0.3) is 0 Å². The predicted octanol–water partition coefficient (Wildman–Crippen LogP) is 12.9. The molecule has 3 N–H and O–H groups in total. The van der Waals surface area contributed by atoms with Crippen molar-refractivity contribution in [2.75, 3.05) is 0 Å². The van der Waals surface area contributed by atoms with Crippen molar-refractivity contribution < 1.29 is 20.1 Å². The Morgan fingerprint density at radius 3 is 0.946 bits per heavy atom. The first-order valence-corrected chi connectivity index (χ1v) is 21.1. The maximum Gasteiger partial charge on any atom is 0.126 e. The molecule has 4 nitrogen and oxygen atoms in total. The van der Waals surface area contributed by atoms with E-state index in [-0.39, 0.29) is 38.9 Å². The van der Waals surface area contributed by atoms with Gasteiger partial charge in [-0.2, -0.15) is 0 Å². The zero-order chi connectivity index (χ0) is 41.1. The Labute approximate surface area is 349 Å². The van der Waals surface area contributed by atoms with Crippen molar-refractivity contribution in [3.05, 3.63) is 149 Å². The highest BCUT2D eigenvalue weighted by Crippen LogP contribution is 2.43. The highest BCUT2D eigenvalue weighted by atomic mass is 127. The van der Waals surface area contributed by atoms with Gasteiger partial charge in [-0.3, -0.25) is 0 Å². The Hall–Kier alpha value is -3.97. The number of fused-ring (bicyclic) bond motifs is 8. The Morgan fingerprint density at radius 2 is 0.679 bits per heavy atom. The van der Waals surface area contributed by atoms with Crippen molar-refractivity contribution in [3.63, 3.8) is 0 Å². The molecule has 1 aliphatic rings. The average molecular weight is 865 g/mol. The lowest BCUT2D eigenvalue weighted by atomic mass is 9.79. The minimum atomic E-state index is -0.193. The quantitative estimate of drug-likeness (QED) is 0.155. The van der Waals surface area contributed by atoms with Crippen LogP contribution in [0.25, 0.3) is 0 Å². The molecule has 0 heterocycles. The van der Waals surface area contributed by atoms with Crippen LogP contribution in [0.15, 0.2) is 72.8 Å². The Morgan fingerprint density at radius 1 is 0.429 bits per heavy atom. The molecule has 6 rings (SSSR count). The third-order valence-electron chi connectivity index (χ3n) is 11.3. The molecule has 0 aliphatic heterocycles. The largest absolute Gasteiger partial charge is 0.507 e. The minimum Gasteiger partial charge on any atom is -0.507 e. The molecule has 296 valence electrons. The van der Waals surface area contributed by atoms with Gasteiger partial charge in [0.15, 0.2) is 0 Å². The van der Waals surface area contributed by atoms with E-state index < -0.39 is 0 Å². The molecule has 0 atom stereocenters. The molecule has 0 saturated heterocycles. The van der Waals surface area contributed by atoms with Crippen LogP contribution < -0.4 is 4.74 Å². The summed E-state index contributed by atoms with van der Waals surface area (Å²) in [6, 6.07) is 25.6. The smallest absolute Gasteiger partial charge is 0.126 e. The summed E-state index contributed by atoms with van der Waals surface area (Å²) in [5.74, 6) is 1.48. The second-order valence-corrected chi connectivity index (χ2v) is 21.4. The van der Waals surface area contributed by atoms with Crippen molar-refractivity contribution in [2.45, 2.75) is 137 Å². The molecule has 56 heavy (non-hydrogen) atoms. The molecule has 0 aromatic heterocycles. The summed E-state index contributed by atoms with van der Waals surface area (Å²) < 4.78 is 8.09. The molecule has 5 heteroatoms. The molecule has 8 bridgehead atoms. The van der Waals surface area contributed by atoms with Gasteiger partial charge in [-0.05, 0) is 129 Å². The maximum absolute atomic E-state index is 12.3. The van der Waals surface area contributed by atoms with Crippen LogP contribution in [-0.2, 0) is 54.0 Å². The lowest BCUT2D eigenvalue weighted by Crippen LogP contribution is -2.16. The number of benzene rings is 5. The topological polar surface area (TPSA) is 69.9 Å². The first-order chi connectivity index (χ1) is 25.9. The zero-order valence-corrected chi connectivity index (χ0v) is 37.7. The number of hydrogen-bond acceptors (Lipinski definition) is 4. The maximum atomic E-state index is 12.3. The van der Waals surface area contributed by atoms with Gasteiger partial charge in [-0.25, -0.2) is 0 Å².